The Morgan fingerprint density at radius 3 is 2.70 bits per heavy atom. The first-order chi connectivity index (χ1) is 10.6. The number of hydrogen-bond donors (Lipinski definition) is 3. The summed E-state index contributed by atoms with van der Waals surface area (Å²) in [4.78, 5) is 22.5. The van der Waals surface area contributed by atoms with E-state index < -0.39 is 5.91 Å². The molecule has 0 saturated carbocycles. The number of nitrogens with one attached hydrogen (secondary N) is 2. The van der Waals surface area contributed by atoms with Crippen LogP contribution in [-0.2, 0) is 14.3 Å². The van der Waals surface area contributed by atoms with Crippen LogP contribution in [-0.4, -0.2) is 44.2 Å². The summed E-state index contributed by atoms with van der Waals surface area (Å²) >= 11 is 0. The van der Waals surface area contributed by atoms with Crippen molar-refractivity contribution in [1.29, 1.82) is 0 Å². The van der Waals surface area contributed by atoms with Crippen molar-refractivity contribution >= 4 is 29.9 Å². The third-order valence-corrected chi connectivity index (χ3v) is 3.17. The molecule has 128 valence electrons. The average Bonchev–Trinajstić information content (AvgIpc) is 2.49. The van der Waals surface area contributed by atoms with E-state index in [-0.39, 0.29) is 37.4 Å². The summed E-state index contributed by atoms with van der Waals surface area (Å²) in [5, 5.41) is 6.00. The second-order valence-electron chi connectivity index (χ2n) is 5.04. The zero-order valence-corrected chi connectivity index (χ0v) is 13.6. The van der Waals surface area contributed by atoms with Gasteiger partial charge in [-0.05, 0) is 24.3 Å². The van der Waals surface area contributed by atoms with Gasteiger partial charge in [0.15, 0.2) is 0 Å². The molecule has 1 aromatic rings. The van der Waals surface area contributed by atoms with Gasteiger partial charge in [-0.2, -0.15) is 0 Å². The maximum atomic E-state index is 11.9. The molecule has 0 aromatic heterocycles. The molecule has 2 amide bonds. The van der Waals surface area contributed by atoms with Gasteiger partial charge in [0.2, 0.25) is 11.8 Å². The first-order valence-corrected chi connectivity index (χ1v) is 7.27. The first kappa shape index (κ1) is 19.2. The number of nitrogens with two attached hydrogens (primary N) is 1. The summed E-state index contributed by atoms with van der Waals surface area (Å²) in [7, 11) is 0. The van der Waals surface area contributed by atoms with E-state index in [0.717, 1.165) is 6.54 Å². The van der Waals surface area contributed by atoms with E-state index in [1.807, 2.05) is 0 Å². The van der Waals surface area contributed by atoms with Crippen molar-refractivity contribution in [2.24, 2.45) is 5.73 Å². The predicted molar refractivity (Wildman–Crippen MR) is 88.9 cm³/mol. The van der Waals surface area contributed by atoms with Crippen molar-refractivity contribution in [2.75, 3.05) is 31.6 Å². The molecule has 0 radical (unpaired) electrons. The lowest BCUT2D eigenvalue weighted by molar-refractivity contribution is -0.120. The molecule has 1 fully saturated rings. The Bertz CT molecular complexity index is 504. The number of rotatable bonds is 7. The van der Waals surface area contributed by atoms with Gasteiger partial charge in [-0.1, -0.05) is 0 Å². The maximum absolute atomic E-state index is 11.9. The number of hydrogen-bond acceptors (Lipinski definition) is 5. The van der Waals surface area contributed by atoms with Crippen LogP contribution in [0.4, 0.5) is 5.69 Å². The number of morpholine rings is 1. The van der Waals surface area contributed by atoms with Gasteiger partial charge in [-0.15, -0.1) is 12.4 Å². The molecule has 8 heteroatoms. The molecule has 0 aliphatic carbocycles. The Kier molecular flexibility index (Phi) is 8.39. The number of anilines is 1. The molecule has 1 saturated heterocycles. The van der Waals surface area contributed by atoms with Crippen molar-refractivity contribution in [1.82, 2.24) is 5.32 Å². The number of benzene rings is 1. The summed E-state index contributed by atoms with van der Waals surface area (Å²) in [5.74, 6) is 0.137. The zero-order valence-electron chi connectivity index (χ0n) is 12.7. The van der Waals surface area contributed by atoms with Gasteiger partial charge in [0.05, 0.1) is 32.2 Å². The summed E-state index contributed by atoms with van der Waals surface area (Å²) < 4.78 is 10.8. The highest BCUT2D eigenvalue weighted by atomic mass is 35.5. The molecule has 1 atom stereocenters. The minimum Gasteiger partial charge on any atom is -0.493 e. The van der Waals surface area contributed by atoms with E-state index in [9.17, 15) is 9.59 Å². The van der Waals surface area contributed by atoms with Crippen molar-refractivity contribution in [2.45, 2.75) is 18.9 Å². The lowest BCUT2D eigenvalue weighted by Crippen LogP contribution is -2.40. The largest absolute Gasteiger partial charge is 0.493 e. The van der Waals surface area contributed by atoms with Gasteiger partial charge in [0.25, 0.3) is 0 Å². The minimum atomic E-state index is -0.400. The van der Waals surface area contributed by atoms with Crippen LogP contribution in [0.1, 0.15) is 12.8 Å². The van der Waals surface area contributed by atoms with Crippen LogP contribution in [0.5, 0.6) is 5.75 Å². The molecular formula is C15H22ClN3O4. The number of carbonyl (C=O) groups is 2. The minimum absolute atomic E-state index is 0. The molecule has 1 aliphatic heterocycles. The molecule has 0 spiro atoms. The number of halogens is 1. The fourth-order valence-electron chi connectivity index (χ4n) is 2.07. The second-order valence-corrected chi connectivity index (χ2v) is 5.04. The lowest BCUT2D eigenvalue weighted by Gasteiger charge is -2.23. The van der Waals surface area contributed by atoms with Crippen LogP contribution >= 0.6 is 12.4 Å². The SMILES string of the molecule is Cl.NC(=O)CCOc1ccc(NC(=O)CC2CNCCO2)cc1. The van der Waals surface area contributed by atoms with Gasteiger partial charge in [-0.3, -0.25) is 9.59 Å². The summed E-state index contributed by atoms with van der Waals surface area (Å²) in [5.41, 5.74) is 5.72. The molecule has 1 aromatic carbocycles. The number of primary amides is 1. The number of carbonyl (C=O) groups excluding carboxylic acids is 2. The predicted octanol–water partition coefficient (Wildman–Crippen LogP) is 0.680. The van der Waals surface area contributed by atoms with E-state index in [1.165, 1.54) is 0 Å². The molecule has 2 rings (SSSR count). The standard InChI is InChI=1S/C15H21N3O4.ClH/c16-14(19)5-7-21-12-3-1-11(2-4-12)18-15(20)9-13-10-17-6-8-22-13;/h1-4,13,17H,5-10H2,(H2,16,19)(H,18,20);1H. The monoisotopic (exact) mass is 343 g/mol. The summed E-state index contributed by atoms with van der Waals surface area (Å²) in [6, 6.07) is 6.96. The average molecular weight is 344 g/mol. The fourth-order valence-corrected chi connectivity index (χ4v) is 2.07. The highest BCUT2D eigenvalue weighted by Crippen LogP contribution is 2.16. The van der Waals surface area contributed by atoms with Crippen LogP contribution in [0.15, 0.2) is 24.3 Å². The second kappa shape index (κ2) is 10.0. The van der Waals surface area contributed by atoms with Gasteiger partial charge in [0.1, 0.15) is 5.75 Å². The van der Waals surface area contributed by atoms with Gasteiger partial charge >= 0.3 is 0 Å². The number of ether oxygens (including phenoxy) is 2. The smallest absolute Gasteiger partial charge is 0.227 e. The maximum Gasteiger partial charge on any atom is 0.227 e. The third kappa shape index (κ3) is 7.32. The van der Waals surface area contributed by atoms with E-state index in [0.29, 0.717) is 31.0 Å². The zero-order chi connectivity index (χ0) is 15.8. The van der Waals surface area contributed by atoms with Gasteiger partial charge in [-0.25, -0.2) is 0 Å². The van der Waals surface area contributed by atoms with Crippen LogP contribution in [0.2, 0.25) is 0 Å². The van der Waals surface area contributed by atoms with Crippen LogP contribution in [0.3, 0.4) is 0 Å². The Balaban J connectivity index is 0.00000264. The molecule has 7 nitrogen and oxygen atoms in total. The number of amides is 2. The van der Waals surface area contributed by atoms with Crippen LogP contribution < -0.4 is 21.1 Å². The van der Waals surface area contributed by atoms with E-state index >= 15 is 0 Å². The molecular weight excluding hydrogens is 322 g/mol. The lowest BCUT2D eigenvalue weighted by atomic mass is 10.2. The van der Waals surface area contributed by atoms with Crippen LogP contribution in [0.25, 0.3) is 0 Å². The van der Waals surface area contributed by atoms with Gasteiger partial charge in [0, 0.05) is 18.8 Å². The highest BCUT2D eigenvalue weighted by Gasteiger charge is 2.17. The van der Waals surface area contributed by atoms with E-state index in [4.69, 9.17) is 15.2 Å². The Hall–Kier alpha value is -1.83. The Labute approximate surface area is 141 Å². The Morgan fingerprint density at radius 2 is 2.09 bits per heavy atom. The molecule has 23 heavy (non-hydrogen) atoms. The topological polar surface area (TPSA) is 103 Å². The first-order valence-electron chi connectivity index (χ1n) is 7.27. The van der Waals surface area contributed by atoms with Crippen molar-refractivity contribution in [3.05, 3.63) is 24.3 Å². The van der Waals surface area contributed by atoms with E-state index in [2.05, 4.69) is 10.6 Å². The fraction of sp³-hybridized carbons (Fsp3) is 0.467. The van der Waals surface area contributed by atoms with Crippen molar-refractivity contribution < 1.29 is 19.1 Å². The Morgan fingerprint density at radius 1 is 1.35 bits per heavy atom. The summed E-state index contributed by atoms with van der Waals surface area (Å²) in [6.07, 6.45) is 0.419. The van der Waals surface area contributed by atoms with Crippen molar-refractivity contribution in [3.8, 4) is 5.75 Å². The quantitative estimate of drug-likeness (QED) is 0.675. The normalized spacial score (nSPS) is 17.0. The van der Waals surface area contributed by atoms with Crippen LogP contribution in [0, 0.1) is 0 Å². The van der Waals surface area contributed by atoms with Gasteiger partial charge < -0.3 is 25.8 Å². The molecule has 1 unspecified atom stereocenters. The third-order valence-electron chi connectivity index (χ3n) is 3.17. The van der Waals surface area contributed by atoms with E-state index in [1.54, 1.807) is 24.3 Å². The highest BCUT2D eigenvalue weighted by molar-refractivity contribution is 5.91. The molecule has 1 heterocycles. The summed E-state index contributed by atoms with van der Waals surface area (Å²) in [6.45, 7) is 2.40. The molecule has 1 aliphatic rings. The molecule has 4 N–H and O–H groups in total. The van der Waals surface area contributed by atoms with Crippen molar-refractivity contribution in [3.63, 3.8) is 0 Å². The molecule has 0 bridgehead atoms.